The third-order valence-electron chi connectivity index (χ3n) is 3.32. The number of nitrogens with zero attached hydrogens (tertiary/aromatic N) is 1. The molecule has 1 aromatic carbocycles. The normalized spacial score (nSPS) is 14.2. The van der Waals surface area contributed by atoms with Crippen molar-refractivity contribution in [1.82, 2.24) is 4.98 Å². The van der Waals surface area contributed by atoms with Gasteiger partial charge in [0, 0.05) is 29.4 Å². The highest BCUT2D eigenvalue weighted by Crippen LogP contribution is 2.32. The molecule has 1 unspecified atom stereocenters. The maximum atomic E-state index is 6.29. The van der Waals surface area contributed by atoms with Crippen molar-refractivity contribution < 1.29 is 0 Å². The Kier molecular flexibility index (Phi) is 4.00. The van der Waals surface area contributed by atoms with E-state index in [2.05, 4.69) is 18.0 Å². The molecule has 1 aromatic heterocycles. The van der Waals surface area contributed by atoms with E-state index in [4.69, 9.17) is 17.3 Å². The van der Waals surface area contributed by atoms with Gasteiger partial charge in [-0.1, -0.05) is 36.7 Å². The number of hydrogen-bond donors (Lipinski definition) is 1. The van der Waals surface area contributed by atoms with Crippen LogP contribution < -0.4 is 5.73 Å². The van der Waals surface area contributed by atoms with Gasteiger partial charge in [-0.25, -0.2) is 0 Å². The molecule has 0 radical (unpaired) electrons. The molecule has 0 aliphatic carbocycles. The molecular weight excluding hydrogens is 244 g/mol. The Hall–Kier alpha value is -1.38. The van der Waals surface area contributed by atoms with Crippen LogP contribution in [-0.4, -0.2) is 11.5 Å². The molecule has 0 fully saturated rings. The molecule has 0 saturated heterocycles. The zero-order valence-electron chi connectivity index (χ0n) is 10.4. The standard InChI is InChI=1S/C15H17ClN2/c1-15(11-17,10-12-6-8-18-9-7-12)13-4-2-3-5-14(13)16/h2-9H,10-11,17H2,1H3. The van der Waals surface area contributed by atoms with Gasteiger partial charge in [0.1, 0.15) is 0 Å². The van der Waals surface area contributed by atoms with E-state index in [1.807, 2.05) is 30.3 Å². The van der Waals surface area contributed by atoms with Crippen LogP contribution in [0.1, 0.15) is 18.1 Å². The first-order valence-electron chi connectivity index (χ1n) is 6.00. The zero-order valence-corrected chi connectivity index (χ0v) is 11.2. The number of pyridine rings is 1. The van der Waals surface area contributed by atoms with Crippen LogP contribution in [-0.2, 0) is 11.8 Å². The zero-order chi connectivity index (χ0) is 13.0. The predicted molar refractivity (Wildman–Crippen MR) is 75.8 cm³/mol. The molecule has 2 rings (SSSR count). The van der Waals surface area contributed by atoms with Crippen LogP contribution >= 0.6 is 11.6 Å². The lowest BCUT2D eigenvalue weighted by atomic mass is 9.77. The Morgan fingerprint density at radius 2 is 1.83 bits per heavy atom. The fraction of sp³-hybridized carbons (Fsp3) is 0.267. The summed E-state index contributed by atoms with van der Waals surface area (Å²) in [6.45, 7) is 2.70. The maximum absolute atomic E-state index is 6.29. The molecule has 2 N–H and O–H groups in total. The lowest BCUT2D eigenvalue weighted by Crippen LogP contribution is -2.34. The van der Waals surface area contributed by atoms with Gasteiger partial charge < -0.3 is 5.73 Å². The molecule has 94 valence electrons. The third-order valence-corrected chi connectivity index (χ3v) is 3.65. The van der Waals surface area contributed by atoms with Crippen LogP contribution in [0.5, 0.6) is 0 Å². The van der Waals surface area contributed by atoms with E-state index >= 15 is 0 Å². The highest BCUT2D eigenvalue weighted by atomic mass is 35.5. The summed E-state index contributed by atoms with van der Waals surface area (Å²) in [5.74, 6) is 0. The van der Waals surface area contributed by atoms with Crippen molar-refractivity contribution in [1.29, 1.82) is 0 Å². The molecule has 18 heavy (non-hydrogen) atoms. The van der Waals surface area contributed by atoms with Crippen molar-refractivity contribution in [3.8, 4) is 0 Å². The van der Waals surface area contributed by atoms with Crippen LogP contribution in [0.3, 0.4) is 0 Å². The molecule has 1 atom stereocenters. The second-order valence-corrected chi connectivity index (χ2v) is 5.18. The molecule has 1 heterocycles. The minimum atomic E-state index is -0.153. The number of nitrogens with two attached hydrogens (primary N) is 1. The Labute approximate surface area is 113 Å². The first kappa shape index (κ1) is 13.1. The fourth-order valence-corrected chi connectivity index (χ4v) is 2.54. The summed E-state index contributed by atoms with van der Waals surface area (Å²) in [7, 11) is 0. The van der Waals surface area contributed by atoms with Gasteiger partial charge in [0.25, 0.3) is 0 Å². The van der Waals surface area contributed by atoms with Crippen LogP contribution in [0.25, 0.3) is 0 Å². The average molecular weight is 261 g/mol. The second kappa shape index (κ2) is 5.51. The first-order valence-corrected chi connectivity index (χ1v) is 6.37. The van der Waals surface area contributed by atoms with E-state index in [1.54, 1.807) is 12.4 Å². The molecule has 0 saturated carbocycles. The van der Waals surface area contributed by atoms with Gasteiger partial charge in [0.2, 0.25) is 0 Å². The summed E-state index contributed by atoms with van der Waals surface area (Å²) >= 11 is 6.29. The molecular formula is C15H17ClN2. The molecule has 0 spiro atoms. The number of halogens is 1. The van der Waals surface area contributed by atoms with Gasteiger partial charge in [0.15, 0.2) is 0 Å². The topological polar surface area (TPSA) is 38.9 Å². The molecule has 2 aromatic rings. The molecule has 3 heteroatoms. The number of hydrogen-bond acceptors (Lipinski definition) is 2. The van der Waals surface area contributed by atoms with Gasteiger partial charge in [-0.2, -0.15) is 0 Å². The number of benzene rings is 1. The van der Waals surface area contributed by atoms with Crippen molar-refractivity contribution >= 4 is 11.6 Å². The SMILES string of the molecule is CC(CN)(Cc1ccncc1)c1ccccc1Cl. The highest BCUT2D eigenvalue weighted by Gasteiger charge is 2.27. The molecule has 0 aliphatic rings. The van der Waals surface area contributed by atoms with Crippen LogP contribution in [0.4, 0.5) is 0 Å². The predicted octanol–water partition coefficient (Wildman–Crippen LogP) is 3.19. The Morgan fingerprint density at radius 3 is 2.44 bits per heavy atom. The van der Waals surface area contributed by atoms with E-state index in [0.717, 1.165) is 17.0 Å². The highest BCUT2D eigenvalue weighted by molar-refractivity contribution is 6.31. The maximum Gasteiger partial charge on any atom is 0.0444 e. The van der Waals surface area contributed by atoms with E-state index in [-0.39, 0.29) is 5.41 Å². The molecule has 0 amide bonds. The summed E-state index contributed by atoms with van der Waals surface area (Å²) in [6, 6.07) is 11.9. The lowest BCUT2D eigenvalue weighted by Gasteiger charge is -2.29. The quantitative estimate of drug-likeness (QED) is 0.917. The summed E-state index contributed by atoms with van der Waals surface area (Å²) in [6.07, 6.45) is 4.47. The summed E-state index contributed by atoms with van der Waals surface area (Å²) in [5, 5.41) is 0.777. The first-order chi connectivity index (χ1) is 8.65. The molecule has 0 aliphatic heterocycles. The number of aromatic nitrogens is 1. The van der Waals surface area contributed by atoms with Gasteiger partial charge in [0.05, 0.1) is 0 Å². The number of rotatable bonds is 4. The van der Waals surface area contributed by atoms with Crippen LogP contribution in [0.15, 0.2) is 48.8 Å². The van der Waals surface area contributed by atoms with E-state index < -0.39 is 0 Å². The Bertz CT molecular complexity index is 513. The fourth-order valence-electron chi connectivity index (χ4n) is 2.18. The van der Waals surface area contributed by atoms with Crippen LogP contribution in [0, 0.1) is 0 Å². The molecule has 0 bridgehead atoms. The Balaban J connectivity index is 2.34. The summed E-state index contributed by atoms with van der Waals surface area (Å²) in [4.78, 5) is 4.03. The van der Waals surface area contributed by atoms with Crippen LogP contribution in [0.2, 0.25) is 5.02 Å². The Morgan fingerprint density at radius 1 is 1.17 bits per heavy atom. The van der Waals surface area contributed by atoms with Crippen molar-refractivity contribution in [2.75, 3.05) is 6.54 Å². The third kappa shape index (κ3) is 2.71. The molecule has 2 nitrogen and oxygen atoms in total. The van der Waals surface area contributed by atoms with Gasteiger partial charge in [-0.05, 0) is 35.7 Å². The van der Waals surface area contributed by atoms with Gasteiger partial charge in [-0.3, -0.25) is 4.98 Å². The van der Waals surface area contributed by atoms with Gasteiger partial charge >= 0.3 is 0 Å². The van der Waals surface area contributed by atoms with Crippen molar-refractivity contribution in [3.63, 3.8) is 0 Å². The smallest absolute Gasteiger partial charge is 0.0444 e. The minimum absolute atomic E-state index is 0.153. The minimum Gasteiger partial charge on any atom is -0.330 e. The van der Waals surface area contributed by atoms with E-state index in [9.17, 15) is 0 Å². The van der Waals surface area contributed by atoms with Crippen molar-refractivity contribution in [2.45, 2.75) is 18.8 Å². The summed E-state index contributed by atoms with van der Waals surface area (Å²) in [5.41, 5.74) is 8.15. The van der Waals surface area contributed by atoms with E-state index in [0.29, 0.717) is 6.54 Å². The lowest BCUT2D eigenvalue weighted by molar-refractivity contribution is 0.481. The monoisotopic (exact) mass is 260 g/mol. The van der Waals surface area contributed by atoms with Gasteiger partial charge in [-0.15, -0.1) is 0 Å². The average Bonchev–Trinajstić information content (AvgIpc) is 2.40. The second-order valence-electron chi connectivity index (χ2n) is 4.78. The van der Waals surface area contributed by atoms with E-state index in [1.165, 1.54) is 5.56 Å². The summed E-state index contributed by atoms with van der Waals surface area (Å²) < 4.78 is 0. The van der Waals surface area contributed by atoms with Crippen molar-refractivity contribution in [2.24, 2.45) is 5.73 Å². The largest absolute Gasteiger partial charge is 0.330 e. The van der Waals surface area contributed by atoms with Crippen molar-refractivity contribution in [3.05, 3.63) is 64.9 Å².